The summed E-state index contributed by atoms with van der Waals surface area (Å²) in [6.45, 7) is 3.80. The first kappa shape index (κ1) is 26.4. The van der Waals surface area contributed by atoms with Crippen molar-refractivity contribution in [2.75, 3.05) is 7.11 Å². The van der Waals surface area contributed by atoms with Crippen molar-refractivity contribution >= 4 is 29.6 Å². The maximum atomic E-state index is 13.3. The maximum Gasteiger partial charge on any atom is 0.408 e. The highest BCUT2D eigenvalue weighted by atomic mass is 32.1. The molecule has 1 N–H and O–H groups in total. The fourth-order valence-corrected chi connectivity index (χ4v) is 5.04. The molecule has 0 aliphatic carbocycles. The Balaban J connectivity index is 1.60. The van der Waals surface area contributed by atoms with Gasteiger partial charge < -0.3 is 19.4 Å². The number of halogens is 1. The maximum absolute atomic E-state index is 13.3. The van der Waals surface area contributed by atoms with Gasteiger partial charge in [0.1, 0.15) is 29.0 Å². The minimum atomic E-state index is -0.925. The van der Waals surface area contributed by atoms with E-state index >= 15 is 0 Å². The summed E-state index contributed by atoms with van der Waals surface area (Å²) in [5.41, 5.74) is 1.42. The van der Waals surface area contributed by atoms with E-state index in [4.69, 9.17) is 26.7 Å². The number of nitrogens with one attached hydrogen (secondary N) is 1. The first-order chi connectivity index (χ1) is 17.7. The molecule has 2 aromatic heterocycles. The van der Waals surface area contributed by atoms with Gasteiger partial charge in [0.2, 0.25) is 0 Å². The first-order valence-corrected chi connectivity index (χ1v) is 12.7. The van der Waals surface area contributed by atoms with E-state index in [0.29, 0.717) is 33.3 Å². The third kappa shape index (κ3) is 6.20. The van der Waals surface area contributed by atoms with Crippen molar-refractivity contribution in [3.8, 4) is 16.5 Å². The number of nitrogens with zero attached hydrogens (tertiary/aromatic N) is 3. The molecule has 1 amide bonds. The summed E-state index contributed by atoms with van der Waals surface area (Å²) in [7, 11) is 3.31. The predicted molar refractivity (Wildman–Crippen MR) is 144 cm³/mol. The number of hydrogen-bond donors (Lipinski definition) is 1. The minimum Gasteiger partial charge on any atom is -0.491 e. The lowest BCUT2D eigenvalue weighted by atomic mass is 10.0. The van der Waals surface area contributed by atoms with Gasteiger partial charge in [-0.05, 0) is 37.1 Å². The minimum absolute atomic E-state index is 0.151. The quantitative estimate of drug-likeness (QED) is 0.270. The van der Waals surface area contributed by atoms with Crippen LogP contribution in [0.4, 0.5) is 9.18 Å². The fourth-order valence-electron chi connectivity index (χ4n) is 3.84. The zero-order valence-electron chi connectivity index (χ0n) is 20.9. The summed E-state index contributed by atoms with van der Waals surface area (Å²) in [5.74, 6) is 0.664. The molecule has 0 aliphatic heterocycles. The highest BCUT2D eigenvalue weighted by Crippen LogP contribution is 2.35. The Hall–Kier alpha value is -3.63. The highest BCUT2D eigenvalue weighted by molar-refractivity contribution is 7.71. The van der Waals surface area contributed by atoms with Gasteiger partial charge in [-0.25, -0.2) is 19.2 Å². The second-order valence-electron chi connectivity index (χ2n) is 8.93. The summed E-state index contributed by atoms with van der Waals surface area (Å²) in [4.78, 5) is 23.0. The first-order valence-electron chi connectivity index (χ1n) is 11.5. The van der Waals surface area contributed by atoms with E-state index in [1.165, 1.54) is 30.6 Å². The second kappa shape index (κ2) is 11.2. The van der Waals surface area contributed by atoms with Crippen LogP contribution in [-0.2, 0) is 30.4 Å². The summed E-state index contributed by atoms with van der Waals surface area (Å²) in [6, 6.07) is 15.8. The topological polar surface area (TPSA) is 78.3 Å². The van der Waals surface area contributed by atoms with Crippen LogP contribution >= 0.6 is 23.6 Å². The van der Waals surface area contributed by atoms with E-state index < -0.39 is 11.6 Å². The van der Waals surface area contributed by atoms with Crippen molar-refractivity contribution in [2.24, 2.45) is 7.05 Å². The van der Waals surface area contributed by atoms with Crippen molar-refractivity contribution < 1.29 is 18.7 Å². The molecule has 2 aromatic carbocycles. The van der Waals surface area contributed by atoms with Gasteiger partial charge in [0, 0.05) is 24.5 Å². The summed E-state index contributed by atoms with van der Waals surface area (Å²) in [5, 5.41) is 3.52. The lowest BCUT2D eigenvalue weighted by molar-refractivity contribution is 0.128. The SMILES string of the molecule is COc1c(-c2ncc(Cc3ccc(F)cc3)s2)nc(C(C)(C)NC(=O)OCc2ccccc2)n(C)c1=S. The van der Waals surface area contributed by atoms with Gasteiger partial charge in [0.15, 0.2) is 10.4 Å². The number of alkyl carbamates (subject to hydrolysis) is 1. The standard InChI is InChI=1S/C27H27FN4O3S2/c1-27(2,31-26(33)35-16-18-8-6-5-7-9-18)25-30-21(22(34-4)24(36)32(25)3)23-29-15-20(37-23)14-17-10-12-19(28)13-11-17/h5-13,15H,14,16H2,1-4H3,(H,31,33). The normalized spacial score (nSPS) is 11.3. The number of thiazole rings is 1. The zero-order valence-corrected chi connectivity index (χ0v) is 22.6. The third-order valence-electron chi connectivity index (χ3n) is 5.69. The van der Waals surface area contributed by atoms with Crippen molar-refractivity contribution in [3.05, 3.63) is 93.1 Å². The van der Waals surface area contributed by atoms with Crippen LogP contribution in [0.5, 0.6) is 5.75 Å². The average Bonchev–Trinajstić information content (AvgIpc) is 3.34. The summed E-state index contributed by atoms with van der Waals surface area (Å²) >= 11 is 7.14. The molecule has 0 saturated heterocycles. The van der Waals surface area contributed by atoms with Crippen LogP contribution < -0.4 is 10.1 Å². The van der Waals surface area contributed by atoms with Gasteiger partial charge in [-0.3, -0.25) is 0 Å². The van der Waals surface area contributed by atoms with Crippen molar-refractivity contribution in [1.29, 1.82) is 0 Å². The monoisotopic (exact) mass is 538 g/mol. The molecule has 0 radical (unpaired) electrons. The van der Waals surface area contributed by atoms with Gasteiger partial charge in [-0.15, -0.1) is 11.3 Å². The number of carbonyl (C=O) groups excluding carboxylic acids is 1. The molecule has 0 spiro atoms. The van der Waals surface area contributed by atoms with Crippen molar-refractivity contribution in [3.63, 3.8) is 0 Å². The molecule has 10 heteroatoms. The van der Waals surface area contributed by atoms with E-state index in [1.54, 1.807) is 29.9 Å². The Labute approximate surface area is 223 Å². The molecule has 0 unspecified atom stereocenters. The molecular formula is C27H27FN4O3S2. The molecule has 7 nitrogen and oxygen atoms in total. The van der Waals surface area contributed by atoms with Crippen LogP contribution in [0.2, 0.25) is 0 Å². The molecular weight excluding hydrogens is 511 g/mol. The van der Waals surface area contributed by atoms with E-state index in [-0.39, 0.29) is 12.4 Å². The summed E-state index contributed by atoms with van der Waals surface area (Å²) in [6.07, 6.45) is 1.80. The second-order valence-corrected chi connectivity index (χ2v) is 10.4. The number of aromatic nitrogens is 3. The number of benzene rings is 2. The number of carbonyl (C=O) groups is 1. The number of hydrogen-bond acceptors (Lipinski definition) is 7. The van der Waals surface area contributed by atoms with E-state index in [1.807, 2.05) is 44.2 Å². The van der Waals surface area contributed by atoms with Crippen LogP contribution in [0.25, 0.3) is 10.7 Å². The Morgan fingerprint density at radius 1 is 1.14 bits per heavy atom. The van der Waals surface area contributed by atoms with Crippen LogP contribution in [0.15, 0.2) is 60.8 Å². The number of amides is 1. The number of rotatable bonds is 8. The Morgan fingerprint density at radius 2 is 1.84 bits per heavy atom. The van der Waals surface area contributed by atoms with Gasteiger partial charge >= 0.3 is 6.09 Å². The Morgan fingerprint density at radius 3 is 2.51 bits per heavy atom. The molecule has 0 saturated carbocycles. The largest absolute Gasteiger partial charge is 0.491 e. The molecule has 0 aliphatic rings. The zero-order chi connectivity index (χ0) is 26.6. The number of methoxy groups -OCH3 is 1. The third-order valence-corrected chi connectivity index (χ3v) is 7.15. The van der Waals surface area contributed by atoms with Gasteiger partial charge in [-0.1, -0.05) is 54.7 Å². The van der Waals surface area contributed by atoms with Crippen LogP contribution in [0.1, 0.15) is 35.7 Å². The lowest BCUT2D eigenvalue weighted by Crippen LogP contribution is -2.44. The number of ether oxygens (including phenoxy) is 2. The van der Waals surface area contributed by atoms with E-state index in [2.05, 4.69) is 10.3 Å². The molecule has 4 rings (SSSR count). The Bertz CT molecular complexity index is 1450. The smallest absolute Gasteiger partial charge is 0.408 e. The Kier molecular flexibility index (Phi) is 7.99. The molecule has 192 valence electrons. The predicted octanol–water partition coefficient (Wildman–Crippen LogP) is 6.17. The fraction of sp³-hybridized carbons (Fsp3) is 0.259. The van der Waals surface area contributed by atoms with E-state index in [0.717, 1.165) is 16.0 Å². The van der Waals surface area contributed by atoms with Crippen molar-refractivity contribution in [2.45, 2.75) is 32.4 Å². The molecule has 2 heterocycles. The molecule has 0 bridgehead atoms. The van der Waals surface area contributed by atoms with Crippen LogP contribution in [0.3, 0.4) is 0 Å². The van der Waals surface area contributed by atoms with Gasteiger partial charge in [0.25, 0.3) is 0 Å². The highest BCUT2D eigenvalue weighted by Gasteiger charge is 2.30. The lowest BCUT2D eigenvalue weighted by Gasteiger charge is -2.28. The average molecular weight is 539 g/mol. The van der Waals surface area contributed by atoms with Gasteiger partial charge in [-0.2, -0.15) is 0 Å². The van der Waals surface area contributed by atoms with E-state index in [9.17, 15) is 9.18 Å². The molecule has 4 aromatic rings. The van der Waals surface area contributed by atoms with Crippen LogP contribution in [0, 0.1) is 10.5 Å². The molecule has 0 fully saturated rings. The molecule has 0 atom stereocenters. The summed E-state index contributed by atoms with van der Waals surface area (Å²) < 4.78 is 26.4. The van der Waals surface area contributed by atoms with Crippen molar-refractivity contribution in [1.82, 2.24) is 19.9 Å². The van der Waals surface area contributed by atoms with Crippen LogP contribution in [-0.4, -0.2) is 27.7 Å². The van der Waals surface area contributed by atoms with Gasteiger partial charge in [0.05, 0.1) is 12.6 Å². The molecule has 37 heavy (non-hydrogen) atoms.